The zero-order valence-electron chi connectivity index (χ0n) is 10.1. The maximum Gasteiger partial charge on any atom is 0.117 e. The van der Waals surface area contributed by atoms with Crippen molar-refractivity contribution in [3.63, 3.8) is 0 Å². The lowest BCUT2D eigenvalue weighted by Crippen LogP contribution is -2.17. The average Bonchev–Trinajstić information content (AvgIpc) is 2.82. The Hall–Kier alpha value is -1.58. The Kier molecular flexibility index (Phi) is 3.96. The molecule has 0 aliphatic heterocycles. The van der Waals surface area contributed by atoms with Gasteiger partial charge in [-0.1, -0.05) is 24.3 Å². The zero-order chi connectivity index (χ0) is 12.1. The van der Waals surface area contributed by atoms with Crippen molar-refractivity contribution >= 4 is 0 Å². The molecular weight excluding hydrogens is 212 g/mol. The van der Waals surface area contributed by atoms with Gasteiger partial charge in [-0.2, -0.15) is 0 Å². The van der Waals surface area contributed by atoms with Gasteiger partial charge < -0.3 is 10.2 Å². The summed E-state index contributed by atoms with van der Waals surface area (Å²) in [5.74, 6) is 0.988. The van der Waals surface area contributed by atoms with Crippen LogP contribution < -0.4 is 5.73 Å². The van der Waals surface area contributed by atoms with E-state index >= 15 is 0 Å². The van der Waals surface area contributed by atoms with E-state index in [0.29, 0.717) is 6.54 Å². The minimum atomic E-state index is 0.593. The van der Waals surface area contributed by atoms with E-state index in [4.69, 9.17) is 10.2 Å². The molecule has 1 aromatic heterocycles. The number of furan rings is 1. The van der Waals surface area contributed by atoms with Crippen LogP contribution in [0.4, 0.5) is 0 Å². The Labute approximate surface area is 102 Å². The third kappa shape index (κ3) is 3.44. The molecule has 0 aliphatic rings. The Morgan fingerprint density at radius 3 is 2.65 bits per heavy atom. The minimum Gasteiger partial charge on any atom is -0.468 e. The summed E-state index contributed by atoms with van der Waals surface area (Å²) in [6.45, 7) is 2.31. The van der Waals surface area contributed by atoms with Gasteiger partial charge in [-0.15, -0.1) is 0 Å². The van der Waals surface area contributed by atoms with E-state index in [2.05, 4.69) is 36.2 Å². The van der Waals surface area contributed by atoms with Gasteiger partial charge in [0.15, 0.2) is 0 Å². The second-order valence-corrected chi connectivity index (χ2v) is 4.28. The molecule has 2 rings (SSSR count). The van der Waals surface area contributed by atoms with Crippen molar-refractivity contribution in [2.75, 3.05) is 7.05 Å². The van der Waals surface area contributed by atoms with Crippen molar-refractivity contribution in [1.82, 2.24) is 4.90 Å². The van der Waals surface area contributed by atoms with Crippen molar-refractivity contribution in [1.29, 1.82) is 0 Å². The number of rotatable bonds is 5. The molecule has 2 aromatic rings. The lowest BCUT2D eigenvalue weighted by molar-refractivity contribution is 0.288. The SMILES string of the molecule is CN(Cc1cccc(CN)c1)Cc1ccco1. The summed E-state index contributed by atoms with van der Waals surface area (Å²) >= 11 is 0. The predicted molar refractivity (Wildman–Crippen MR) is 68.2 cm³/mol. The van der Waals surface area contributed by atoms with Crippen LogP contribution in [0.1, 0.15) is 16.9 Å². The van der Waals surface area contributed by atoms with E-state index in [0.717, 1.165) is 18.8 Å². The monoisotopic (exact) mass is 230 g/mol. The molecular formula is C14H18N2O. The lowest BCUT2D eigenvalue weighted by atomic mass is 10.1. The van der Waals surface area contributed by atoms with Gasteiger partial charge in [-0.25, -0.2) is 0 Å². The topological polar surface area (TPSA) is 42.4 Å². The third-order valence-corrected chi connectivity index (χ3v) is 2.69. The Balaban J connectivity index is 1.95. The van der Waals surface area contributed by atoms with Crippen LogP contribution in [0.3, 0.4) is 0 Å². The summed E-state index contributed by atoms with van der Waals surface area (Å²) in [5.41, 5.74) is 8.09. The van der Waals surface area contributed by atoms with Gasteiger partial charge in [0.05, 0.1) is 12.8 Å². The molecule has 3 nitrogen and oxygen atoms in total. The number of benzene rings is 1. The van der Waals surface area contributed by atoms with Crippen LogP contribution in [0.2, 0.25) is 0 Å². The van der Waals surface area contributed by atoms with Gasteiger partial charge in [0.2, 0.25) is 0 Å². The first-order valence-electron chi connectivity index (χ1n) is 5.77. The largest absolute Gasteiger partial charge is 0.468 e. The summed E-state index contributed by atoms with van der Waals surface area (Å²) in [5, 5.41) is 0. The van der Waals surface area contributed by atoms with Gasteiger partial charge in [0.25, 0.3) is 0 Å². The number of nitrogens with two attached hydrogens (primary N) is 1. The first-order chi connectivity index (χ1) is 8.28. The van der Waals surface area contributed by atoms with Crippen molar-refractivity contribution in [2.45, 2.75) is 19.6 Å². The van der Waals surface area contributed by atoms with Gasteiger partial charge >= 0.3 is 0 Å². The molecule has 0 saturated heterocycles. The van der Waals surface area contributed by atoms with E-state index in [-0.39, 0.29) is 0 Å². The molecule has 0 amide bonds. The highest BCUT2D eigenvalue weighted by Gasteiger charge is 2.04. The normalized spacial score (nSPS) is 11.0. The molecule has 0 aliphatic carbocycles. The van der Waals surface area contributed by atoms with Crippen molar-refractivity contribution in [3.05, 3.63) is 59.5 Å². The maximum absolute atomic E-state index is 5.63. The van der Waals surface area contributed by atoms with Gasteiger partial charge in [0.1, 0.15) is 5.76 Å². The highest BCUT2D eigenvalue weighted by molar-refractivity contribution is 5.23. The van der Waals surface area contributed by atoms with Crippen LogP contribution in [0, 0.1) is 0 Å². The summed E-state index contributed by atoms with van der Waals surface area (Å²) in [7, 11) is 2.08. The quantitative estimate of drug-likeness (QED) is 0.857. The van der Waals surface area contributed by atoms with E-state index < -0.39 is 0 Å². The molecule has 90 valence electrons. The second kappa shape index (κ2) is 5.66. The highest BCUT2D eigenvalue weighted by atomic mass is 16.3. The van der Waals surface area contributed by atoms with Crippen LogP contribution in [0.5, 0.6) is 0 Å². The fraction of sp³-hybridized carbons (Fsp3) is 0.286. The van der Waals surface area contributed by atoms with Gasteiger partial charge in [-0.05, 0) is 30.3 Å². The molecule has 0 fully saturated rings. The van der Waals surface area contributed by atoms with E-state index in [1.54, 1.807) is 6.26 Å². The molecule has 0 radical (unpaired) electrons. The predicted octanol–water partition coefficient (Wildman–Crippen LogP) is 2.37. The van der Waals surface area contributed by atoms with Crippen LogP contribution in [-0.2, 0) is 19.6 Å². The third-order valence-electron chi connectivity index (χ3n) is 2.69. The molecule has 0 unspecified atom stereocenters. The summed E-state index contributed by atoms with van der Waals surface area (Å²) in [6, 6.07) is 12.3. The molecule has 3 heteroatoms. The molecule has 0 atom stereocenters. The fourth-order valence-electron chi connectivity index (χ4n) is 1.89. The van der Waals surface area contributed by atoms with Crippen molar-refractivity contribution in [3.8, 4) is 0 Å². The molecule has 17 heavy (non-hydrogen) atoms. The number of nitrogens with zero attached hydrogens (tertiary/aromatic N) is 1. The fourth-order valence-corrected chi connectivity index (χ4v) is 1.89. The van der Waals surface area contributed by atoms with E-state index in [1.807, 2.05) is 12.1 Å². The zero-order valence-corrected chi connectivity index (χ0v) is 10.1. The first-order valence-corrected chi connectivity index (χ1v) is 5.77. The van der Waals surface area contributed by atoms with Crippen LogP contribution in [0.25, 0.3) is 0 Å². The second-order valence-electron chi connectivity index (χ2n) is 4.28. The lowest BCUT2D eigenvalue weighted by Gasteiger charge is -2.15. The number of hydrogen-bond donors (Lipinski definition) is 1. The number of hydrogen-bond acceptors (Lipinski definition) is 3. The van der Waals surface area contributed by atoms with E-state index in [9.17, 15) is 0 Å². The molecule has 0 bridgehead atoms. The highest BCUT2D eigenvalue weighted by Crippen LogP contribution is 2.10. The maximum atomic E-state index is 5.63. The van der Waals surface area contributed by atoms with Crippen LogP contribution >= 0.6 is 0 Å². The molecule has 1 heterocycles. The van der Waals surface area contributed by atoms with Crippen molar-refractivity contribution in [2.24, 2.45) is 5.73 Å². The molecule has 1 aromatic carbocycles. The summed E-state index contributed by atoms with van der Waals surface area (Å²) in [4.78, 5) is 2.22. The van der Waals surface area contributed by atoms with E-state index in [1.165, 1.54) is 11.1 Å². The molecule has 0 spiro atoms. The Morgan fingerprint density at radius 1 is 1.12 bits per heavy atom. The van der Waals surface area contributed by atoms with Crippen LogP contribution in [-0.4, -0.2) is 11.9 Å². The van der Waals surface area contributed by atoms with Gasteiger partial charge in [-0.3, -0.25) is 4.90 Å². The first kappa shape index (κ1) is 11.9. The summed E-state index contributed by atoms with van der Waals surface area (Å²) < 4.78 is 5.33. The molecule has 0 saturated carbocycles. The Bertz CT molecular complexity index is 451. The molecule has 2 N–H and O–H groups in total. The smallest absolute Gasteiger partial charge is 0.117 e. The summed E-state index contributed by atoms with van der Waals surface area (Å²) in [6.07, 6.45) is 1.71. The Morgan fingerprint density at radius 2 is 1.94 bits per heavy atom. The standard InChI is InChI=1S/C14H18N2O/c1-16(11-14-6-3-7-17-14)10-13-5-2-4-12(8-13)9-15/h2-8H,9-11,15H2,1H3. The van der Waals surface area contributed by atoms with Gasteiger partial charge in [0, 0.05) is 13.1 Å². The average molecular weight is 230 g/mol. The minimum absolute atomic E-state index is 0.593. The van der Waals surface area contributed by atoms with Crippen molar-refractivity contribution < 1.29 is 4.42 Å². The van der Waals surface area contributed by atoms with Crippen LogP contribution in [0.15, 0.2) is 47.1 Å².